The van der Waals surface area contributed by atoms with Crippen molar-refractivity contribution in [2.45, 2.75) is 6.54 Å². The van der Waals surface area contributed by atoms with Crippen LogP contribution in [0.1, 0.15) is 5.56 Å². The third-order valence-corrected chi connectivity index (χ3v) is 3.56. The van der Waals surface area contributed by atoms with Crippen LogP contribution in [0.3, 0.4) is 0 Å². The van der Waals surface area contributed by atoms with Crippen LogP contribution in [0, 0.1) is 5.82 Å². The zero-order valence-electron chi connectivity index (χ0n) is 11.6. The highest BCUT2D eigenvalue weighted by Crippen LogP contribution is 2.18. The second-order valence-corrected chi connectivity index (χ2v) is 5.00. The Hall–Kier alpha value is -2.47. The average molecular weight is 320 g/mol. The minimum atomic E-state index is -0.891. The Bertz CT molecular complexity index is 894. The van der Waals surface area contributed by atoms with Gasteiger partial charge in [0.15, 0.2) is 5.82 Å². The first-order valence-corrected chi connectivity index (χ1v) is 6.80. The van der Waals surface area contributed by atoms with Gasteiger partial charge in [0.05, 0.1) is 7.11 Å². The van der Waals surface area contributed by atoms with Crippen molar-refractivity contribution in [3.05, 3.63) is 63.5 Å². The molecule has 2 aromatic heterocycles. The van der Waals surface area contributed by atoms with E-state index in [4.69, 9.17) is 16.3 Å². The molecule has 112 valence electrons. The number of rotatable bonds is 3. The molecule has 0 amide bonds. The molecule has 0 saturated heterocycles. The summed E-state index contributed by atoms with van der Waals surface area (Å²) >= 11 is 5.90. The van der Waals surface area contributed by atoms with E-state index in [1.165, 1.54) is 10.9 Å². The molecule has 0 N–H and O–H groups in total. The van der Waals surface area contributed by atoms with Crippen molar-refractivity contribution in [3.63, 3.8) is 0 Å². The lowest BCUT2D eigenvalue weighted by molar-refractivity contribution is 0.414. The van der Waals surface area contributed by atoms with Crippen LogP contribution in [0.2, 0.25) is 5.15 Å². The minimum Gasteiger partial charge on any atom is -0.497 e. The molecule has 0 bridgehead atoms. The van der Waals surface area contributed by atoms with E-state index in [0.29, 0.717) is 12.2 Å². The number of aromatic nitrogens is 3. The molecule has 0 unspecified atom stereocenters. The van der Waals surface area contributed by atoms with Crippen LogP contribution in [-0.2, 0) is 6.54 Å². The number of ether oxygens (including phenoxy) is 1. The topological polar surface area (TPSA) is 57.0 Å². The van der Waals surface area contributed by atoms with Crippen molar-refractivity contribution in [2.24, 2.45) is 0 Å². The average Bonchev–Trinajstić information content (AvgIpc) is 2.53. The number of hydrogen-bond donors (Lipinski definition) is 0. The molecular formula is C15H11ClFN3O2. The van der Waals surface area contributed by atoms with Crippen molar-refractivity contribution in [3.8, 4) is 5.75 Å². The summed E-state index contributed by atoms with van der Waals surface area (Å²) < 4.78 is 20.5. The van der Waals surface area contributed by atoms with Gasteiger partial charge in [-0.25, -0.2) is 14.4 Å². The van der Waals surface area contributed by atoms with E-state index >= 15 is 0 Å². The molecule has 0 atom stereocenters. The second-order valence-electron chi connectivity index (χ2n) is 4.65. The monoisotopic (exact) mass is 319 g/mol. The Labute approximate surface area is 130 Å². The highest BCUT2D eigenvalue weighted by Gasteiger charge is 2.14. The summed E-state index contributed by atoms with van der Waals surface area (Å²) in [5.41, 5.74) is 0.397. The molecule has 0 spiro atoms. The predicted molar refractivity (Wildman–Crippen MR) is 80.9 cm³/mol. The summed E-state index contributed by atoms with van der Waals surface area (Å²) in [6.45, 7) is 0.338. The van der Waals surface area contributed by atoms with E-state index < -0.39 is 11.2 Å². The lowest BCUT2D eigenvalue weighted by Crippen LogP contribution is -2.15. The van der Waals surface area contributed by atoms with Crippen LogP contribution in [0.5, 0.6) is 5.75 Å². The largest absolute Gasteiger partial charge is 0.497 e. The van der Waals surface area contributed by atoms with Gasteiger partial charge in [-0.2, -0.15) is 0 Å². The van der Waals surface area contributed by atoms with Crippen LogP contribution < -0.4 is 10.2 Å². The molecule has 3 rings (SSSR count). The predicted octanol–water partition coefficient (Wildman–Crippen LogP) is 2.64. The summed E-state index contributed by atoms with van der Waals surface area (Å²) in [6, 6.07) is 7.31. The van der Waals surface area contributed by atoms with Crippen molar-refractivity contribution in [1.82, 2.24) is 14.5 Å². The zero-order valence-corrected chi connectivity index (χ0v) is 12.3. The van der Waals surface area contributed by atoms with E-state index in [2.05, 4.69) is 9.97 Å². The molecule has 2 heterocycles. The highest BCUT2D eigenvalue weighted by atomic mass is 35.5. The van der Waals surface area contributed by atoms with Crippen molar-refractivity contribution >= 4 is 22.6 Å². The number of pyridine rings is 1. The Morgan fingerprint density at radius 3 is 2.68 bits per heavy atom. The van der Waals surface area contributed by atoms with E-state index in [1.807, 2.05) is 12.1 Å². The summed E-state index contributed by atoms with van der Waals surface area (Å²) in [6.07, 6.45) is 2.37. The fraction of sp³-hybridized carbons (Fsp3) is 0.133. The lowest BCUT2D eigenvalue weighted by atomic mass is 10.2. The first-order chi connectivity index (χ1) is 10.6. The number of hydrogen-bond acceptors (Lipinski definition) is 4. The summed E-state index contributed by atoms with van der Waals surface area (Å²) in [4.78, 5) is 19.7. The normalized spacial score (nSPS) is 10.9. The van der Waals surface area contributed by atoms with E-state index in [9.17, 15) is 9.18 Å². The molecule has 0 fully saturated rings. The van der Waals surface area contributed by atoms with Crippen molar-refractivity contribution < 1.29 is 9.13 Å². The maximum Gasteiger partial charge on any atom is 0.229 e. The first-order valence-electron chi connectivity index (χ1n) is 6.42. The summed E-state index contributed by atoms with van der Waals surface area (Å²) in [7, 11) is 1.58. The number of methoxy groups -OCH3 is 1. The number of halogens is 2. The first kappa shape index (κ1) is 14.5. The molecule has 0 radical (unpaired) electrons. The summed E-state index contributed by atoms with van der Waals surface area (Å²) in [5, 5.41) is -0.0735. The van der Waals surface area contributed by atoms with Gasteiger partial charge in [0, 0.05) is 12.7 Å². The van der Waals surface area contributed by atoms with Gasteiger partial charge in [0.25, 0.3) is 0 Å². The lowest BCUT2D eigenvalue weighted by Gasteiger charge is -2.11. The molecular weight excluding hydrogens is 309 g/mol. The SMILES string of the molecule is COc1ccc(Cn2cc(F)c(=O)c3c(Cl)ncnc32)cc1. The smallest absolute Gasteiger partial charge is 0.229 e. The standard InChI is InChI=1S/C15H11ClFN3O2/c1-22-10-4-2-9(3-5-10)6-20-7-11(17)13(21)12-14(16)18-8-19-15(12)20/h2-5,7-8H,6H2,1H3. The molecule has 0 saturated carbocycles. The molecule has 5 nitrogen and oxygen atoms in total. The van der Waals surface area contributed by atoms with Gasteiger partial charge >= 0.3 is 0 Å². The van der Waals surface area contributed by atoms with Crippen LogP contribution in [-0.4, -0.2) is 21.6 Å². The Morgan fingerprint density at radius 2 is 2.00 bits per heavy atom. The Balaban J connectivity index is 2.12. The van der Waals surface area contributed by atoms with Gasteiger partial charge in [-0.05, 0) is 17.7 Å². The quantitative estimate of drug-likeness (QED) is 0.696. The van der Waals surface area contributed by atoms with E-state index in [-0.39, 0.29) is 10.5 Å². The minimum absolute atomic E-state index is 0.0160. The number of nitrogens with zero attached hydrogens (tertiary/aromatic N) is 3. The van der Waals surface area contributed by atoms with Crippen molar-refractivity contribution in [2.75, 3.05) is 7.11 Å². The molecule has 0 aliphatic heterocycles. The zero-order chi connectivity index (χ0) is 15.7. The van der Waals surface area contributed by atoms with Gasteiger partial charge in [0.2, 0.25) is 5.43 Å². The van der Waals surface area contributed by atoms with Crippen LogP contribution in [0.4, 0.5) is 4.39 Å². The fourth-order valence-corrected chi connectivity index (χ4v) is 2.41. The van der Waals surface area contributed by atoms with Crippen LogP contribution >= 0.6 is 11.6 Å². The van der Waals surface area contributed by atoms with Gasteiger partial charge in [0.1, 0.15) is 28.3 Å². The Morgan fingerprint density at radius 1 is 1.27 bits per heavy atom. The van der Waals surface area contributed by atoms with Gasteiger partial charge in [-0.3, -0.25) is 4.79 Å². The summed E-state index contributed by atoms with van der Waals surface area (Å²) in [5.74, 6) is -0.164. The third-order valence-electron chi connectivity index (χ3n) is 3.28. The molecule has 0 aliphatic rings. The maximum atomic E-state index is 13.8. The molecule has 22 heavy (non-hydrogen) atoms. The van der Waals surface area contributed by atoms with Gasteiger partial charge in [-0.1, -0.05) is 23.7 Å². The third kappa shape index (κ3) is 2.53. The van der Waals surface area contributed by atoms with Crippen molar-refractivity contribution in [1.29, 1.82) is 0 Å². The Kier molecular flexibility index (Phi) is 3.77. The second kappa shape index (κ2) is 5.73. The molecule has 7 heteroatoms. The van der Waals surface area contributed by atoms with Crippen LogP contribution in [0.25, 0.3) is 11.0 Å². The van der Waals surface area contributed by atoms with Gasteiger partial charge in [-0.15, -0.1) is 0 Å². The molecule has 0 aliphatic carbocycles. The number of fused-ring (bicyclic) bond motifs is 1. The van der Waals surface area contributed by atoms with Gasteiger partial charge < -0.3 is 9.30 Å². The molecule has 1 aromatic carbocycles. The maximum absolute atomic E-state index is 13.8. The highest BCUT2D eigenvalue weighted by molar-refractivity contribution is 6.33. The van der Waals surface area contributed by atoms with Crippen LogP contribution in [0.15, 0.2) is 41.6 Å². The fourth-order valence-electron chi connectivity index (χ4n) is 2.19. The number of benzene rings is 1. The van der Waals surface area contributed by atoms with E-state index in [0.717, 1.165) is 17.5 Å². The molecule has 3 aromatic rings. The van der Waals surface area contributed by atoms with E-state index in [1.54, 1.807) is 19.2 Å².